The molecule has 16 heavy (non-hydrogen) atoms. The van der Waals surface area contributed by atoms with Gasteiger partial charge in [0, 0.05) is 24.2 Å². The topological polar surface area (TPSA) is 46.3 Å². The predicted octanol–water partition coefficient (Wildman–Crippen LogP) is 2.07. The lowest BCUT2D eigenvalue weighted by molar-refractivity contribution is 0.0793. The number of halogens is 1. The van der Waals surface area contributed by atoms with Crippen LogP contribution in [-0.2, 0) is 0 Å². The second-order valence-electron chi connectivity index (χ2n) is 3.83. The molecule has 0 fully saturated rings. The highest BCUT2D eigenvalue weighted by molar-refractivity contribution is 6.30. The number of aryl methyl sites for hydroxylation is 1. The second kappa shape index (κ2) is 5.87. The van der Waals surface area contributed by atoms with Crippen LogP contribution in [0.5, 0.6) is 0 Å². The lowest BCUT2D eigenvalue weighted by atomic mass is 10.1. The molecule has 0 radical (unpaired) electrons. The Hall–Kier alpha value is -1.06. The Balaban J connectivity index is 2.79. The number of hydrogen-bond donors (Lipinski definition) is 1. The first kappa shape index (κ1) is 13.0. The van der Waals surface area contributed by atoms with Crippen LogP contribution in [0.2, 0.25) is 5.02 Å². The van der Waals surface area contributed by atoms with E-state index in [0.717, 1.165) is 12.0 Å². The summed E-state index contributed by atoms with van der Waals surface area (Å²) in [5.41, 5.74) is 7.01. The van der Waals surface area contributed by atoms with Gasteiger partial charge in [0.15, 0.2) is 0 Å². The minimum absolute atomic E-state index is 0.0163. The maximum Gasteiger partial charge on any atom is 0.253 e. The molecule has 2 N–H and O–H groups in total. The first-order chi connectivity index (χ1) is 7.56. The summed E-state index contributed by atoms with van der Waals surface area (Å²) in [6.45, 7) is 3.16. The smallest absolute Gasteiger partial charge is 0.253 e. The zero-order chi connectivity index (χ0) is 12.1. The van der Waals surface area contributed by atoms with Crippen LogP contribution < -0.4 is 5.73 Å². The van der Waals surface area contributed by atoms with E-state index in [-0.39, 0.29) is 5.91 Å². The molecule has 0 atom stereocenters. The predicted molar refractivity (Wildman–Crippen MR) is 66.8 cm³/mol. The van der Waals surface area contributed by atoms with Gasteiger partial charge in [-0.15, -0.1) is 0 Å². The molecule has 0 aliphatic heterocycles. The second-order valence-corrected chi connectivity index (χ2v) is 4.26. The fourth-order valence-corrected chi connectivity index (χ4v) is 1.73. The molecule has 1 amide bonds. The van der Waals surface area contributed by atoms with Crippen molar-refractivity contribution < 1.29 is 4.79 Å². The van der Waals surface area contributed by atoms with Gasteiger partial charge in [0.2, 0.25) is 0 Å². The Labute approximate surface area is 101 Å². The number of amides is 1. The highest BCUT2D eigenvalue weighted by Crippen LogP contribution is 2.16. The number of nitrogens with two attached hydrogens (primary N) is 1. The molecule has 0 aliphatic carbocycles. The molecule has 0 unspecified atom stereocenters. The molecular weight excluding hydrogens is 224 g/mol. The summed E-state index contributed by atoms with van der Waals surface area (Å²) in [4.78, 5) is 13.7. The third-order valence-corrected chi connectivity index (χ3v) is 2.70. The molecule has 0 heterocycles. The average Bonchev–Trinajstić information content (AvgIpc) is 2.25. The van der Waals surface area contributed by atoms with Gasteiger partial charge >= 0.3 is 0 Å². The molecule has 0 saturated carbocycles. The Morgan fingerprint density at radius 3 is 2.75 bits per heavy atom. The SMILES string of the molecule is Cc1cc(Cl)ccc1C(=O)N(C)CCCN. The molecular formula is C12H17ClN2O. The van der Waals surface area contributed by atoms with Crippen LogP contribution >= 0.6 is 11.6 Å². The lowest BCUT2D eigenvalue weighted by Gasteiger charge is -2.17. The van der Waals surface area contributed by atoms with Crippen molar-refractivity contribution in [3.05, 3.63) is 34.3 Å². The number of hydrogen-bond acceptors (Lipinski definition) is 2. The monoisotopic (exact) mass is 240 g/mol. The summed E-state index contributed by atoms with van der Waals surface area (Å²) < 4.78 is 0. The average molecular weight is 241 g/mol. The number of rotatable bonds is 4. The minimum atomic E-state index is 0.0163. The number of carbonyl (C=O) groups excluding carboxylic acids is 1. The lowest BCUT2D eigenvalue weighted by Crippen LogP contribution is -2.29. The number of benzene rings is 1. The van der Waals surface area contributed by atoms with Crippen LogP contribution in [-0.4, -0.2) is 30.9 Å². The van der Waals surface area contributed by atoms with Crippen molar-refractivity contribution >= 4 is 17.5 Å². The van der Waals surface area contributed by atoms with Crippen molar-refractivity contribution in [1.29, 1.82) is 0 Å². The summed E-state index contributed by atoms with van der Waals surface area (Å²) >= 11 is 5.84. The molecule has 1 aromatic carbocycles. The highest BCUT2D eigenvalue weighted by atomic mass is 35.5. The Kier molecular flexibility index (Phi) is 4.77. The van der Waals surface area contributed by atoms with Crippen molar-refractivity contribution in [2.45, 2.75) is 13.3 Å². The van der Waals surface area contributed by atoms with Crippen LogP contribution in [0.25, 0.3) is 0 Å². The van der Waals surface area contributed by atoms with Gasteiger partial charge in [-0.1, -0.05) is 11.6 Å². The van der Waals surface area contributed by atoms with Crippen molar-refractivity contribution in [3.8, 4) is 0 Å². The van der Waals surface area contributed by atoms with E-state index in [1.165, 1.54) is 0 Å². The van der Waals surface area contributed by atoms with E-state index in [2.05, 4.69) is 0 Å². The molecule has 0 aromatic heterocycles. The molecule has 1 rings (SSSR count). The molecule has 0 bridgehead atoms. The first-order valence-electron chi connectivity index (χ1n) is 5.28. The van der Waals surface area contributed by atoms with E-state index >= 15 is 0 Å². The maximum atomic E-state index is 12.0. The highest BCUT2D eigenvalue weighted by Gasteiger charge is 2.13. The van der Waals surface area contributed by atoms with Crippen LogP contribution in [0.3, 0.4) is 0 Å². The first-order valence-corrected chi connectivity index (χ1v) is 5.65. The van der Waals surface area contributed by atoms with E-state index in [4.69, 9.17) is 17.3 Å². The molecule has 0 aliphatic rings. The maximum absolute atomic E-state index is 12.0. The largest absolute Gasteiger partial charge is 0.342 e. The number of nitrogens with zero attached hydrogens (tertiary/aromatic N) is 1. The van der Waals surface area contributed by atoms with Gasteiger partial charge < -0.3 is 10.6 Å². The zero-order valence-electron chi connectivity index (χ0n) is 9.66. The van der Waals surface area contributed by atoms with E-state index in [0.29, 0.717) is 23.7 Å². The van der Waals surface area contributed by atoms with Crippen LogP contribution in [0.15, 0.2) is 18.2 Å². The molecule has 0 saturated heterocycles. The summed E-state index contributed by atoms with van der Waals surface area (Å²) in [5, 5.41) is 0.652. The summed E-state index contributed by atoms with van der Waals surface area (Å²) in [6.07, 6.45) is 0.814. The fraction of sp³-hybridized carbons (Fsp3) is 0.417. The Morgan fingerprint density at radius 1 is 1.50 bits per heavy atom. The van der Waals surface area contributed by atoms with E-state index in [9.17, 15) is 4.79 Å². The summed E-state index contributed by atoms with van der Waals surface area (Å²) in [5.74, 6) is 0.0163. The van der Waals surface area contributed by atoms with Crippen LogP contribution in [0, 0.1) is 6.92 Å². The van der Waals surface area contributed by atoms with Crippen molar-refractivity contribution in [1.82, 2.24) is 4.90 Å². The van der Waals surface area contributed by atoms with Crippen LogP contribution in [0.4, 0.5) is 0 Å². The van der Waals surface area contributed by atoms with Gasteiger partial charge in [-0.25, -0.2) is 0 Å². The van der Waals surface area contributed by atoms with Crippen LogP contribution in [0.1, 0.15) is 22.3 Å². The zero-order valence-corrected chi connectivity index (χ0v) is 10.4. The van der Waals surface area contributed by atoms with E-state index in [1.54, 1.807) is 30.1 Å². The minimum Gasteiger partial charge on any atom is -0.342 e. The summed E-state index contributed by atoms with van der Waals surface area (Å²) in [7, 11) is 1.78. The quantitative estimate of drug-likeness (QED) is 0.876. The Morgan fingerprint density at radius 2 is 2.19 bits per heavy atom. The van der Waals surface area contributed by atoms with E-state index < -0.39 is 0 Å². The van der Waals surface area contributed by atoms with E-state index in [1.807, 2.05) is 6.92 Å². The molecule has 3 nitrogen and oxygen atoms in total. The van der Waals surface area contributed by atoms with Crippen molar-refractivity contribution in [2.24, 2.45) is 5.73 Å². The third-order valence-electron chi connectivity index (χ3n) is 2.46. The van der Waals surface area contributed by atoms with Crippen molar-refractivity contribution in [2.75, 3.05) is 20.1 Å². The Bertz CT molecular complexity index is 379. The number of carbonyl (C=O) groups is 1. The van der Waals surface area contributed by atoms with Gasteiger partial charge in [0.25, 0.3) is 5.91 Å². The normalized spacial score (nSPS) is 10.2. The van der Waals surface area contributed by atoms with Gasteiger partial charge in [-0.3, -0.25) is 4.79 Å². The molecule has 0 spiro atoms. The molecule has 4 heteroatoms. The van der Waals surface area contributed by atoms with Gasteiger partial charge in [-0.05, 0) is 43.7 Å². The van der Waals surface area contributed by atoms with Crippen molar-refractivity contribution in [3.63, 3.8) is 0 Å². The van der Waals surface area contributed by atoms with Gasteiger partial charge in [0.05, 0.1) is 0 Å². The van der Waals surface area contributed by atoms with Gasteiger partial charge in [-0.2, -0.15) is 0 Å². The summed E-state index contributed by atoms with van der Waals surface area (Å²) in [6, 6.07) is 5.29. The standard InChI is InChI=1S/C12H17ClN2O/c1-9-8-10(13)4-5-11(9)12(16)15(2)7-3-6-14/h4-5,8H,3,6-7,14H2,1-2H3. The molecule has 88 valence electrons. The molecule has 1 aromatic rings. The third kappa shape index (κ3) is 3.22. The van der Waals surface area contributed by atoms with Gasteiger partial charge in [0.1, 0.15) is 0 Å². The fourth-order valence-electron chi connectivity index (χ4n) is 1.50.